The second-order valence-electron chi connectivity index (χ2n) is 5.35. The molecule has 7 heteroatoms. The number of rotatable bonds is 3. The molecule has 1 N–H and O–H groups in total. The van der Waals surface area contributed by atoms with Gasteiger partial charge in [-0.3, -0.25) is 9.78 Å². The highest BCUT2D eigenvalue weighted by Gasteiger charge is 2.29. The van der Waals surface area contributed by atoms with Crippen molar-refractivity contribution in [3.63, 3.8) is 0 Å². The molecule has 0 bridgehead atoms. The number of halogens is 2. The Labute approximate surface area is 155 Å². The van der Waals surface area contributed by atoms with Crippen LogP contribution in [0.25, 0.3) is 0 Å². The van der Waals surface area contributed by atoms with Crippen LogP contribution >= 0.6 is 28.3 Å². The second kappa shape index (κ2) is 8.46. The molecule has 1 saturated heterocycles. The summed E-state index contributed by atoms with van der Waals surface area (Å²) in [7, 11) is 1.61. The minimum Gasteiger partial charge on any atom is -0.496 e. The molecule has 2 heterocycles. The molecule has 5 nitrogen and oxygen atoms in total. The Balaban J connectivity index is 0.00000208. The number of methoxy groups -OCH3 is 1. The van der Waals surface area contributed by atoms with Crippen molar-refractivity contribution in [1.29, 1.82) is 0 Å². The summed E-state index contributed by atoms with van der Waals surface area (Å²) in [6.07, 6.45) is 3.56. The summed E-state index contributed by atoms with van der Waals surface area (Å²) in [6.45, 7) is 2.19. The lowest BCUT2D eigenvalue weighted by molar-refractivity contribution is 0.0634. The zero-order valence-corrected chi connectivity index (χ0v) is 15.6. The van der Waals surface area contributed by atoms with E-state index in [1.807, 2.05) is 29.3 Å². The van der Waals surface area contributed by atoms with Crippen molar-refractivity contribution in [1.82, 2.24) is 15.2 Å². The predicted octanol–water partition coefficient (Wildman–Crippen LogP) is 3.06. The zero-order valence-electron chi connectivity index (χ0n) is 13.2. The van der Waals surface area contributed by atoms with Crippen LogP contribution in [0.1, 0.15) is 22.0 Å². The topological polar surface area (TPSA) is 54.5 Å². The first kappa shape index (κ1) is 18.7. The van der Waals surface area contributed by atoms with Gasteiger partial charge in [-0.05, 0) is 45.8 Å². The summed E-state index contributed by atoms with van der Waals surface area (Å²) in [5.74, 6) is 0.731. The highest BCUT2D eigenvalue weighted by atomic mass is 79.9. The second-order valence-corrected chi connectivity index (χ2v) is 6.21. The van der Waals surface area contributed by atoms with Crippen LogP contribution in [0.2, 0.25) is 0 Å². The molecule has 1 fully saturated rings. The first-order chi connectivity index (χ1) is 11.2. The minimum absolute atomic E-state index is 0. The van der Waals surface area contributed by atoms with Gasteiger partial charge < -0.3 is 15.0 Å². The van der Waals surface area contributed by atoms with Gasteiger partial charge in [0.1, 0.15) is 5.75 Å². The number of hydrogen-bond donors (Lipinski definition) is 1. The van der Waals surface area contributed by atoms with Crippen LogP contribution in [-0.2, 0) is 0 Å². The fraction of sp³-hybridized carbons (Fsp3) is 0.294. The van der Waals surface area contributed by atoms with Gasteiger partial charge in [-0.2, -0.15) is 0 Å². The van der Waals surface area contributed by atoms with Gasteiger partial charge in [0.05, 0.1) is 17.6 Å². The molecule has 128 valence electrons. The maximum Gasteiger partial charge on any atom is 0.254 e. The number of pyridine rings is 1. The molecule has 1 atom stereocenters. The van der Waals surface area contributed by atoms with E-state index in [1.165, 1.54) is 0 Å². The number of ether oxygens (including phenoxy) is 1. The smallest absolute Gasteiger partial charge is 0.254 e. The van der Waals surface area contributed by atoms with Crippen LogP contribution in [0, 0.1) is 0 Å². The molecule has 3 rings (SSSR count). The molecule has 0 radical (unpaired) electrons. The first-order valence-electron chi connectivity index (χ1n) is 7.46. The summed E-state index contributed by atoms with van der Waals surface area (Å²) in [6, 6.07) is 9.31. The van der Waals surface area contributed by atoms with Crippen molar-refractivity contribution in [2.24, 2.45) is 0 Å². The Morgan fingerprint density at radius 1 is 1.42 bits per heavy atom. The zero-order chi connectivity index (χ0) is 16.2. The van der Waals surface area contributed by atoms with Gasteiger partial charge in [0.15, 0.2) is 0 Å². The molecule has 1 aliphatic rings. The molecule has 1 aromatic carbocycles. The molecule has 2 aromatic rings. The molecular formula is C17H19BrClN3O2. The van der Waals surface area contributed by atoms with E-state index in [9.17, 15) is 4.79 Å². The van der Waals surface area contributed by atoms with Crippen LogP contribution in [0.15, 0.2) is 47.2 Å². The van der Waals surface area contributed by atoms with E-state index in [1.54, 1.807) is 25.4 Å². The maximum absolute atomic E-state index is 13.0. The Hall–Kier alpha value is -1.63. The number of carbonyl (C=O) groups excluding carboxylic acids is 1. The van der Waals surface area contributed by atoms with Crippen LogP contribution in [0.5, 0.6) is 5.75 Å². The molecule has 1 amide bonds. The third kappa shape index (κ3) is 3.88. The Bertz CT molecular complexity index is 699. The highest BCUT2D eigenvalue weighted by Crippen LogP contribution is 2.28. The van der Waals surface area contributed by atoms with E-state index in [4.69, 9.17) is 4.74 Å². The van der Waals surface area contributed by atoms with Crippen LogP contribution in [0.3, 0.4) is 0 Å². The van der Waals surface area contributed by atoms with Gasteiger partial charge in [-0.25, -0.2) is 0 Å². The standard InChI is InChI=1S/C17H18BrN3O2.ClH/c1-23-16-5-4-12(9-14(16)18)17(22)21-8-7-20-11-15(21)13-3-2-6-19-10-13;/h2-6,9-10,15,20H,7-8,11H2,1H3;1H. The summed E-state index contributed by atoms with van der Waals surface area (Å²) in [5.41, 5.74) is 1.69. The lowest BCUT2D eigenvalue weighted by Gasteiger charge is -2.36. The van der Waals surface area contributed by atoms with E-state index < -0.39 is 0 Å². The van der Waals surface area contributed by atoms with Crippen molar-refractivity contribution in [3.8, 4) is 5.75 Å². The van der Waals surface area contributed by atoms with Crippen molar-refractivity contribution < 1.29 is 9.53 Å². The van der Waals surface area contributed by atoms with Gasteiger partial charge in [0.2, 0.25) is 0 Å². The molecule has 0 saturated carbocycles. The summed E-state index contributed by atoms with van der Waals surface area (Å²) >= 11 is 3.44. The van der Waals surface area contributed by atoms with Gasteiger partial charge in [-0.1, -0.05) is 6.07 Å². The first-order valence-corrected chi connectivity index (χ1v) is 8.25. The number of nitrogens with zero attached hydrogens (tertiary/aromatic N) is 2. The van der Waals surface area contributed by atoms with Crippen LogP contribution in [0.4, 0.5) is 0 Å². The molecule has 24 heavy (non-hydrogen) atoms. The summed E-state index contributed by atoms with van der Waals surface area (Å²) in [4.78, 5) is 19.0. The molecule has 1 aromatic heterocycles. The van der Waals surface area contributed by atoms with Crippen LogP contribution in [-0.4, -0.2) is 42.5 Å². The van der Waals surface area contributed by atoms with E-state index in [0.29, 0.717) is 17.9 Å². The van der Waals surface area contributed by atoms with Gasteiger partial charge in [0, 0.05) is 37.6 Å². The number of hydrogen-bond acceptors (Lipinski definition) is 4. The lowest BCUT2D eigenvalue weighted by Crippen LogP contribution is -2.48. The van der Waals surface area contributed by atoms with Crippen molar-refractivity contribution >= 4 is 34.2 Å². The molecule has 0 aliphatic carbocycles. The van der Waals surface area contributed by atoms with Gasteiger partial charge in [-0.15, -0.1) is 12.4 Å². The third-order valence-corrected chi connectivity index (χ3v) is 4.59. The summed E-state index contributed by atoms with van der Waals surface area (Å²) < 4.78 is 6.00. The van der Waals surface area contributed by atoms with Crippen molar-refractivity contribution in [2.75, 3.05) is 26.7 Å². The number of aromatic nitrogens is 1. The Morgan fingerprint density at radius 2 is 2.25 bits per heavy atom. The van der Waals surface area contributed by atoms with E-state index >= 15 is 0 Å². The van der Waals surface area contributed by atoms with Gasteiger partial charge >= 0.3 is 0 Å². The molecule has 1 aliphatic heterocycles. The molecular weight excluding hydrogens is 394 g/mol. The molecule has 1 unspecified atom stereocenters. The quantitative estimate of drug-likeness (QED) is 0.842. The minimum atomic E-state index is -0.00849. The number of carbonyl (C=O) groups is 1. The largest absolute Gasteiger partial charge is 0.496 e. The maximum atomic E-state index is 13.0. The number of nitrogens with one attached hydrogen (secondary N) is 1. The lowest BCUT2D eigenvalue weighted by atomic mass is 10.0. The Morgan fingerprint density at radius 3 is 2.92 bits per heavy atom. The van der Waals surface area contributed by atoms with E-state index in [0.717, 1.165) is 23.1 Å². The van der Waals surface area contributed by atoms with Crippen molar-refractivity contribution in [3.05, 3.63) is 58.3 Å². The highest BCUT2D eigenvalue weighted by molar-refractivity contribution is 9.10. The Kier molecular flexibility index (Phi) is 6.60. The monoisotopic (exact) mass is 411 g/mol. The predicted molar refractivity (Wildman–Crippen MR) is 98.8 cm³/mol. The number of piperazine rings is 1. The normalized spacial score (nSPS) is 17.1. The number of amides is 1. The van der Waals surface area contributed by atoms with Crippen LogP contribution < -0.4 is 10.1 Å². The summed E-state index contributed by atoms with van der Waals surface area (Å²) in [5, 5.41) is 3.35. The fourth-order valence-electron chi connectivity index (χ4n) is 2.78. The molecule has 0 spiro atoms. The van der Waals surface area contributed by atoms with E-state index in [2.05, 4.69) is 26.2 Å². The fourth-order valence-corrected chi connectivity index (χ4v) is 3.32. The van der Waals surface area contributed by atoms with E-state index in [-0.39, 0.29) is 24.4 Å². The average molecular weight is 413 g/mol. The van der Waals surface area contributed by atoms with Gasteiger partial charge in [0.25, 0.3) is 5.91 Å². The SMILES string of the molecule is COc1ccc(C(=O)N2CCNCC2c2cccnc2)cc1Br.Cl. The average Bonchev–Trinajstić information content (AvgIpc) is 2.62. The third-order valence-electron chi connectivity index (χ3n) is 3.97. The van der Waals surface area contributed by atoms with Crippen molar-refractivity contribution in [2.45, 2.75) is 6.04 Å². The number of benzene rings is 1.